The zero-order chi connectivity index (χ0) is 15.4. The average molecular weight is 324 g/mol. The SMILES string of the molecule is COc1ccc([C@H](C)NC(C)c2ccc(Cl)cc2Cl)cc1. The van der Waals surface area contributed by atoms with Crippen LogP contribution < -0.4 is 10.1 Å². The van der Waals surface area contributed by atoms with Gasteiger partial charge >= 0.3 is 0 Å². The Morgan fingerprint density at radius 1 is 0.952 bits per heavy atom. The normalized spacial score (nSPS) is 13.8. The highest BCUT2D eigenvalue weighted by molar-refractivity contribution is 6.35. The Morgan fingerprint density at radius 2 is 1.62 bits per heavy atom. The van der Waals surface area contributed by atoms with Crippen LogP contribution in [0.2, 0.25) is 10.0 Å². The van der Waals surface area contributed by atoms with Gasteiger partial charge in [0.15, 0.2) is 0 Å². The van der Waals surface area contributed by atoms with E-state index < -0.39 is 0 Å². The smallest absolute Gasteiger partial charge is 0.118 e. The Hall–Kier alpha value is -1.22. The molecule has 0 aliphatic rings. The number of nitrogens with one attached hydrogen (secondary N) is 1. The lowest BCUT2D eigenvalue weighted by Crippen LogP contribution is -2.22. The van der Waals surface area contributed by atoms with Gasteiger partial charge in [0.1, 0.15) is 5.75 Å². The standard InChI is InChI=1S/C17H19Cl2NO/c1-11(13-4-7-15(21-3)8-5-13)20-12(2)16-9-6-14(18)10-17(16)19/h4-12,20H,1-3H3/t11-,12?/m0/s1. The summed E-state index contributed by atoms with van der Waals surface area (Å²) in [5.74, 6) is 0.861. The van der Waals surface area contributed by atoms with Crippen molar-refractivity contribution in [3.05, 3.63) is 63.6 Å². The fourth-order valence-corrected chi connectivity index (χ4v) is 2.88. The number of hydrogen-bond donors (Lipinski definition) is 1. The Morgan fingerprint density at radius 3 is 2.19 bits per heavy atom. The number of halogens is 2. The third kappa shape index (κ3) is 4.13. The molecule has 0 fully saturated rings. The average Bonchev–Trinajstić information content (AvgIpc) is 2.47. The van der Waals surface area contributed by atoms with Crippen molar-refractivity contribution in [2.75, 3.05) is 7.11 Å². The van der Waals surface area contributed by atoms with Crippen LogP contribution in [0.5, 0.6) is 5.75 Å². The molecule has 2 atom stereocenters. The van der Waals surface area contributed by atoms with Gasteiger partial charge in [-0.25, -0.2) is 0 Å². The molecule has 0 heterocycles. The Kier molecular flexibility index (Phi) is 5.51. The maximum atomic E-state index is 6.25. The Bertz CT molecular complexity index is 598. The molecular weight excluding hydrogens is 305 g/mol. The summed E-state index contributed by atoms with van der Waals surface area (Å²) in [6, 6.07) is 14.0. The molecule has 0 aromatic heterocycles. The van der Waals surface area contributed by atoms with Crippen molar-refractivity contribution in [1.82, 2.24) is 5.32 Å². The predicted octanol–water partition coefficient (Wildman–Crippen LogP) is 5.41. The zero-order valence-electron chi connectivity index (χ0n) is 12.4. The first kappa shape index (κ1) is 16.2. The Labute approximate surface area is 136 Å². The Balaban J connectivity index is 2.08. The maximum Gasteiger partial charge on any atom is 0.118 e. The van der Waals surface area contributed by atoms with E-state index in [1.807, 2.05) is 24.3 Å². The summed E-state index contributed by atoms with van der Waals surface area (Å²) in [6.45, 7) is 4.22. The molecule has 0 saturated carbocycles. The minimum Gasteiger partial charge on any atom is -0.497 e. The van der Waals surface area contributed by atoms with Crippen molar-refractivity contribution >= 4 is 23.2 Å². The van der Waals surface area contributed by atoms with Gasteiger partial charge in [0.2, 0.25) is 0 Å². The zero-order valence-corrected chi connectivity index (χ0v) is 13.9. The van der Waals surface area contributed by atoms with E-state index in [2.05, 4.69) is 31.3 Å². The van der Waals surface area contributed by atoms with E-state index in [9.17, 15) is 0 Å². The minimum atomic E-state index is 0.131. The number of methoxy groups -OCH3 is 1. The van der Waals surface area contributed by atoms with Gasteiger partial charge in [0.05, 0.1) is 7.11 Å². The fraction of sp³-hybridized carbons (Fsp3) is 0.294. The van der Waals surface area contributed by atoms with Crippen LogP contribution in [0, 0.1) is 0 Å². The van der Waals surface area contributed by atoms with Gasteiger partial charge < -0.3 is 10.1 Å². The lowest BCUT2D eigenvalue weighted by molar-refractivity contribution is 0.414. The largest absolute Gasteiger partial charge is 0.497 e. The van der Waals surface area contributed by atoms with Crippen LogP contribution in [-0.4, -0.2) is 7.11 Å². The molecule has 2 nitrogen and oxygen atoms in total. The molecule has 0 amide bonds. The lowest BCUT2D eigenvalue weighted by atomic mass is 10.0. The molecule has 1 unspecified atom stereocenters. The van der Waals surface area contributed by atoms with E-state index >= 15 is 0 Å². The maximum absolute atomic E-state index is 6.25. The van der Waals surface area contributed by atoms with E-state index in [0.29, 0.717) is 10.0 Å². The van der Waals surface area contributed by atoms with Gasteiger partial charge in [-0.05, 0) is 49.2 Å². The minimum absolute atomic E-state index is 0.131. The number of benzene rings is 2. The monoisotopic (exact) mass is 323 g/mol. The topological polar surface area (TPSA) is 21.3 Å². The molecular formula is C17H19Cl2NO. The van der Waals surface area contributed by atoms with Crippen molar-refractivity contribution in [2.24, 2.45) is 0 Å². The highest BCUT2D eigenvalue weighted by Gasteiger charge is 2.14. The van der Waals surface area contributed by atoms with E-state index in [1.54, 1.807) is 13.2 Å². The number of rotatable bonds is 5. The molecule has 0 aliphatic carbocycles. The summed E-state index contributed by atoms with van der Waals surface area (Å²) in [6.07, 6.45) is 0. The molecule has 0 bridgehead atoms. The highest BCUT2D eigenvalue weighted by atomic mass is 35.5. The molecule has 0 radical (unpaired) electrons. The third-order valence-corrected chi connectivity index (χ3v) is 4.11. The van der Waals surface area contributed by atoms with Gasteiger partial charge in [-0.1, -0.05) is 41.4 Å². The quantitative estimate of drug-likeness (QED) is 0.793. The summed E-state index contributed by atoms with van der Waals surface area (Å²) < 4.78 is 5.18. The molecule has 0 spiro atoms. The van der Waals surface area contributed by atoms with Crippen LogP contribution in [0.25, 0.3) is 0 Å². The molecule has 0 saturated heterocycles. The van der Waals surface area contributed by atoms with Crippen molar-refractivity contribution < 1.29 is 4.74 Å². The molecule has 0 aliphatic heterocycles. The summed E-state index contributed by atoms with van der Waals surface area (Å²) in [4.78, 5) is 0. The summed E-state index contributed by atoms with van der Waals surface area (Å²) >= 11 is 12.2. The molecule has 1 N–H and O–H groups in total. The van der Waals surface area contributed by atoms with Gasteiger partial charge in [-0.2, -0.15) is 0 Å². The second kappa shape index (κ2) is 7.17. The van der Waals surface area contributed by atoms with E-state index in [0.717, 1.165) is 11.3 Å². The van der Waals surface area contributed by atoms with Crippen LogP contribution in [0.15, 0.2) is 42.5 Å². The highest BCUT2D eigenvalue weighted by Crippen LogP contribution is 2.28. The molecule has 2 aromatic rings. The van der Waals surface area contributed by atoms with E-state index in [-0.39, 0.29) is 12.1 Å². The van der Waals surface area contributed by atoms with Crippen molar-refractivity contribution in [3.63, 3.8) is 0 Å². The first-order valence-corrected chi connectivity index (χ1v) is 7.62. The first-order chi connectivity index (χ1) is 10.0. The van der Waals surface area contributed by atoms with Gasteiger partial charge in [0, 0.05) is 22.1 Å². The molecule has 112 valence electrons. The number of hydrogen-bond acceptors (Lipinski definition) is 2. The van der Waals surface area contributed by atoms with Crippen LogP contribution in [0.1, 0.15) is 37.1 Å². The number of ether oxygens (including phenoxy) is 1. The van der Waals surface area contributed by atoms with Crippen LogP contribution in [0.3, 0.4) is 0 Å². The first-order valence-electron chi connectivity index (χ1n) is 6.86. The van der Waals surface area contributed by atoms with Crippen molar-refractivity contribution in [1.29, 1.82) is 0 Å². The molecule has 4 heteroatoms. The van der Waals surface area contributed by atoms with Crippen LogP contribution in [0.4, 0.5) is 0 Å². The summed E-state index contributed by atoms with van der Waals surface area (Å²) in [5.41, 5.74) is 2.24. The molecule has 2 rings (SSSR count). The fourth-order valence-electron chi connectivity index (χ4n) is 2.31. The second-order valence-electron chi connectivity index (χ2n) is 5.05. The van der Waals surface area contributed by atoms with E-state index in [1.165, 1.54) is 5.56 Å². The van der Waals surface area contributed by atoms with Gasteiger partial charge in [0.25, 0.3) is 0 Å². The lowest BCUT2D eigenvalue weighted by Gasteiger charge is -2.22. The van der Waals surface area contributed by atoms with Crippen LogP contribution in [-0.2, 0) is 0 Å². The van der Waals surface area contributed by atoms with Gasteiger partial charge in [-0.15, -0.1) is 0 Å². The van der Waals surface area contributed by atoms with E-state index in [4.69, 9.17) is 27.9 Å². The second-order valence-corrected chi connectivity index (χ2v) is 5.89. The third-order valence-electron chi connectivity index (χ3n) is 3.54. The van der Waals surface area contributed by atoms with Gasteiger partial charge in [-0.3, -0.25) is 0 Å². The van der Waals surface area contributed by atoms with Crippen LogP contribution >= 0.6 is 23.2 Å². The van der Waals surface area contributed by atoms with Crippen molar-refractivity contribution in [2.45, 2.75) is 25.9 Å². The molecule has 21 heavy (non-hydrogen) atoms. The summed E-state index contributed by atoms with van der Waals surface area (Å²) in [7, 11) is 1.67. The molecule has 2 aromatic carbocycles. The predicted molar refractivity (Wildman–Crippen MR) is 89.4 cm³/mol. The van der Waals surface area contributed by atoms with Crippen molar-refractivity contribution in [3.8, 4) is 5.75 Å². The summed E-state index contributed by atoms with van der Waals surface area (Å²) in [5, 5.41) is 4.88.